The first kappa shape index (κ1) is 14.8. The Balaban J connectivity index is 2.11. The highest BCUT2D eigenvalue weighted by molar-refractivity contribution is 9.10. The number of anilines is 1. The van der Waals surface area contributed by atoms with E-state index >= 15 is 0 Å². The monoisotopic (exact) mass is 325 g/mol. The molecule has 2 N–H and O–H groups in total. The van der Waals surface area contributed by atoms with Gasteiger partial charge in [-0.15, -0.1) is 0 Å². The second-order valence-corrected chi connectivity index (χ2v) is 6.35. The van der Waals surface area contributed by atoms with E-state index in [1.165, 1.54) is 38.0 Å². The van der Waals surface area contributed by atoms with Crippen LogP contribution in [0, 0.1) is 0 Å². The molecule has 3 nitrogen and oxygen atoms in total. The van der Waals surface area contributed by atoms with Crippen LogP contribution >= 0.6 is 15.9 Å². The smallest absolute Gasteiger partial charge is 0.0325 e. The summed E-state index contributed by atoms with van der Waals surface area (Å²) in [4.78, 5) is 5.06. The molecule has 1 unspecified atom stereocenters. The molecular weight excluding hydrogens is 302 g/mol. The highest BCUT2D eigenvalue weighted by Gasteiger charge is 2.22. The molecule has 0 radical (unpaired) electrons. The average Bonchev–Trinajstić information content (AvgIpc) is 2.54. The molecule has 1 aliphatic heterocycles. The van der Waals surface area contributed by atoms with E-state index in [0.29, 0.717) is 6.04 Å². The number of nitrogen functional groups attached to an aromatic ring is 1. The third-order valence-corrected chi connectivity index (χ3v) is 4.68. The predicted octanol–water partition coefficient (Wildman–Crippen LogP) is 2.95. The van der Waals surface area contributed by atoms with Gasteiger partial charge in [0, 0.05) is 35.8 Å². The minimum absolute atomic E-state index is 0.650. The Morgan fingerprint density at radius 3 is 2.84 bits per heavy atom. The fourth-order valence-corrected chi connectivity index (χ4v) is 3.32. The highest BCUT2D eigenvalue weighted by atomic mass is 79.9. The molecule has 106 valence electrons. The standard InChI is InChI=1S/C15H24BrN3/c1-3-14-11-18(2)7-4-8-19(14)10-12-5-6-13(17)9-15(12)16/h5-6,9,14H,3-4,7-8,10-11,17H2,1-2H3. The molecule has 19 heavy (non-hydrogen) atoms. The molecule has 0 saturated carbocycles. The van der Waals surface area contributed by atoms with Crippen LogP contribution in [0.15, 0.2) is 22.7 Å². The fourth-order valence-electron chi connectivity index (χ4n) is 2.80. The average molecular weight is 326 g/mol. The van der Waals surface area contributed by atoms with Crippen molar-refractivity contribution in [2.75, 3.05) is 32.4 Å². The van der Waals surface area contributed by atoms with Gasteiger partial charge in [-0.3, -0.25) is 4.90 Å². The minimum Gasteiger partial charge on any atom is -0.399 e. The Bertz CT molecular complexity index is 422. The lowest BCUT2D eigenvalue weighted by molar-refractivity contribution is 0.175. The van der Waals surface area contributed by atoms with Gasteiger partial charge in [-0.1, -0.05) is 28.9 Å². The van der Waals surface area contributed by atoms with Crippen LogP contribution in [-0.4, -0.2) is 42.5 Å². The normalized spacial score (nSPS) is 22.4. The van der Waals surface area contributed by atoms with Crippen molar-refractivity contribution < 1.29 is 0 Å². The molecule has 0 aliphatic carbocycles. The lowest BCUT2D eigenvalue weighted by atomic mass is 10.1. The van der Waals surface area contributed by atoms with Crippen molar-refractivity contribution in [3.63, 3.8) is 0 Å². The summed E-state index contributed by atoms with van der Waals surface area (Å²) < 4.78 is 1.12. The van der Waals surface area contributed by atoms with Gasteiger partial charge in [-0.2, -0.15) is 0 Å². The summed E-state index contributed by atoms with van der Waals surface area (Å²) in [7, 11) is 2.23. The number of benzene rings is 1. The summed E-state index contributed by atoms with van der Waals surface area (Å²) >= 11 is 3.63. The van der Waals surface area contributed by atoms with E-state index < -0.39 is 0 Å². The first-order chi connectivity index (χ1) is 9.10. The Morgan fingerprint density at radius 2 is 2.16 bits per heavy atom. The maximum Gasteiger partial charge on any atom is 0.0325 e. The lowest BCUT2D eigenvalue weighted by Crippen LogP contribution is -2.39. The van der Waals surface area contributed by atoms with Crippen molar-refractivity contribution in [2.24, 2.45) is 0 Å². The summed E-state index contributed by atoms with van der Waals surface area (Å²) in [5, 5.41) is 0. The van der Waals surface area contributed by atoms with Crippen LogP contribution in [0.25, 0.3) is 0 Å². The quantitative estimate of drug-likeness (QED) is 0.867. The van der Waals surface area contributed by atoms with Gasteiger partial charge in [0.05, 0.1) is 0 Å². The van der Waals surface area contributed by atoms with E-state index in [0.717, 1.165) is 16.7 Å². The first-order valence-corrected chi connectivity index (χ1v) is 7.86. The second kappa shape index (κ2) is 6.73. The molecule has 2 rings (SSSR count). The highest BCUT2D eigenvalue weighted by Crippen LogP contribution is 2.23. The molecular formula is C15H24BrN3. The van der Waals surface area contributed by atoms with E-state index in [1.807, 2.05) is 12.1 Å². The van der Waals surface area contributed by atoms with Crippen molar-refractivity contribution in [3.8, 4) is 0 Å². The molecule has 1 aromatic carbocycles. The van der Waals surface area contributed by atoms with Crippen molar-refractivity contribution in [3.05, 3.63) is 28.2 Å². The molecule has 1 heterocycles. The number of likely N-dealkylation sites (N-methyl/N-ethyl adjacent to an activating group) is 1. The Labute approximate surface area is 124 Å². The third kappa shape index (κ3) is 3.94. The summed E-state index contributed by atoms with van der Waals surface area (Å²) in [5.74, 6) is 0. The largest absolute Gasteiger partial charge is 0.399 e. The SMILES string of the molecule is CCC1CN(C)CCCN1Cc1ccc(N)cc1Br. The maximum atomic E-state index is 5.81. The zero-order chi connectivity index (χ0) is 13.8. The zero-order valence-corrected chi connectivity index (χ0v) is 13.5. The Kier molecular flexibility index (Phi) is 5.25. The lowest BCUT2D eigenvalue weighted by Gasteiger charge is -2.30. The molecule has 1 aromatic rings. The number of hydrogen-bond acceptors (Lipinski definition) is 3. The molecule has 1 atom stereocenters. The van der Waals surface area contributed by atoms with Crippen molar-refractivity contribution in [2.45, 2.75) is 32.4 Å². The van der Waals surface area contributed by atoms with Gasteiger partial charge in [-0.05, 0) is 44.1 Å². The number of rotatable bonds is 3. The van der Waals surface area contributed by atoms with Gasteiger partial charge in [0.15, 0.2) is 0 Å². The van der Waals surface area contributed by atoms with Crippen LogP contribution in [-0.2, 0) is 6.54 Å². The predicted molar refractivity (Wildman–Crippen MR) is 85.2 cm³/mol. The number of hydrogen-bond donors (Lipinski definition) is 1. The van der Waals surface area contributed by atoms with Crippen LogP contribution in [0.2, 0.25) is 0 Å². The summed E-state index contributed by atoms with van der Waals surface area (Å²) in [5.41, 5.74) is 7.96. The third-order valence-electron chi connectivity index (χ3n) is 3.95. The van der Waals surface area contributed by atoms with E-state index in [9.17, 15) is 0 Å². The molecule has 1 fully saturated rings. The zero-order valence-electron chi connectivity index (χ0n) is 11.9. The summed E-state index contributed by atoms with van der Waals surface area (Å²) in [6.45, 7) is 6.85. The van der Waals surface area contributed by atoms with Crippen molar-refractivity contribution in [1.82, 2.24) is 9.80 Å². The molecule has 0 spiro atoms. The van der Waals surface area contributed by atoms with Crippen LogP contribution in [0.5, 0.6) is 0 Å². The van der Waals surface area contributed by atoms with Gasteiger partial charge in [0.25, 0.3) is 0 Å². The van der Waals surface area contributed by atoms with Gasteiger partial charge in [0.2, 0.25) is 0 Å². The van der Waals surface area contributed by atoms with E-state index in [4.69, 9.17) is 5.73 Å². The fraction of sp³-hybridized carbons (Fsp3) is 0.600. The van der Waals surface area contributed by atoms with Crippen molar-refractivity contribution in [1.29, 1.82) is 0 Å². The second-order valence-electron chi connectivity index (χ2n) is 5.50. The first-order valence-electron chi connectivity index (χ1n) is 7.06. The molecule has 0 aromatic heterocycles. The maximum absolute atomic E-state index is 5.81. The minimum atomic E-state index is 0.650. The Morgan fingerprint density at radius 1 is 1.37 bits per heavy atom. The topological polar surface area (TPSA) is 32.5 Å². The number of halogens is 1. The van der Waals surface area contributed by atoms with Gasteiger partial charge < -0.3 is 10.6 Å². The number of nitrogens with zero attached hydrogens (tertiary/aromatic N) is 2. The van der Waals surface area contributed by atoms with Crippen LogP contribution in [0.3, 0.4) is 0 Å². The van der Waals surface area contributed by atoms with Gasteiger partial charge in [0.1, 0.15) is 0 Å². The van der Waals surface area contributed by atoms with Gasteiger partial charge in [-0.25, -0.2) is 0 Å². The number of nitrogens with two attached hydrogens (primary N) is 1. The summed E-state index contributed by atoms with van der Waals surface area (Å²) in [6.07, 6.45) is 2.45. The summed E-state index contributed by atoms with van der Waals surface area (Å²) in [6, 6.07) is 6.78. The molecule has 1 aliphatic rings. The molecule has 4 heteroatoms. The van der Waals surface area contributed by atoms with Crippen LogP contribution in [0.1, 0.15) is 25.3 Å². The Hall–Kier alpha value is -0.580. The molecule has 1 saturated heterocycles. The van der Waals surface area contributed by atoms with E-state index in [2.05, 4.69) is 45.8 Å². The van der Waals surface area contributed by atoms with E-state index in [1.54, 1.807) is 0 Å². The molecule has 0 amide bonds. The molecule has 0 bridgehead atoms. The van der Waals surface area contributed by atoms with Crippen LogP contribution in [0.4, 0.5) is 5.69 Å². The van der Waals surface area contributed by atoms with Crippen molar-refractivity contribution >= 4 is 21.6 Å². The van der Waals surface area contributed by atoms with Crippen LogP contribution < -0.4 is 5.73 Å². The van der Waals surface area contributed by atoms with Gasteiger partial charge >= 0.3 is 0 Å². The van der Waals surface area contributed by atoms with E-state index in [-0.39, 0.29) is 0 Å².